The summed E-state index contributed by atoms with van der Waals surface area (Å²) in [4.78, 5) is 20.9. The zero-order valence-corrected chi connectivity index (χ0v) is 16.2. The largest absolute Gasteiger partial charge is 0.348 e. The molecular formula is C16H22N6O4S. The van der Waals surface area contributed by atoms with Crippen LogP contribution in [-0.4, -0.2) is 63.7 Å². The maximum Gasteiger partial charge on any atom is 0.269 e. The van der Waals surface area contributed by atoms with Crippen molar-refractivity contribution < 1.29 is 17.7 Å². The molecule has 2 aromatic heterocycles. The van der Waals surface area contributed by atoms with Crippen LogP contribution < -0.4 is 5.32 Å². The summed E-state index contributed by atoms with van der Waals surface area (Å²) in [5.41, 5.74) is -0.0955. The molecule has 4 rings (SSSR count). The Morgan fingerprint density at radius 2 is 2.22 bits per heavy atom. The molecular weight excluding hydrogens is 372 g/mol. The van der Waals surface area contributed by atoms with Gasteiger partial charge in [0.15, 0.2) is 5.82 Å². The van der Waals surface area contributed by atoms with Crippen LogP contribution in [0.3, 0.4) is 0 Å². The normalized spacial score (nSPS) is 28.4. The predicted octanol–water partition coefficient (Wildman–Crippen LogP) is -0.167. The molecule has 2 aromatic rings. The Hall–Kier alpha value is -2.27. The van der Waals surface area contributed by atoms with Crippen LogP contribution in [0.4, 0.5) is 0 Å². The van der Waals surface area contributed by atoms with E-state index in [1.54, 1.807) is 24.9 Å². The molecule has 1 aliphatic carbocycles. The van der Waals surface area contributed by atoms with Gasteiger partial charge in [0.2, 0.25) is 15.9 Å². The van der Waals surface area contributed by atoms with Crippen LogP contribution in [0.2, 0.25) is 0 Å². The van der Waals surface area contributed by atoms with Crippen LogP contribution in [-0.2, 0) is 22.5 Å². The molecule has 146 valence electrons. The highest BCUT2D eigenvalue weighted by Gasteiger charge is 2.59. The highest BCUT2D eigenvalue weighted by molar-refractivity contribution is 7.88. The number of imidazole rings is 1. The SMILES string of the molecule is Cc1noc([C@]23C[C@H](NC(=O)c4cncn4C)C[C@H]2CN(S(C)(=O)=O)C3)n1. The predicted molar refractivity (Wildman–Crippen MR) is 94.3 cm³/mol. The number of hydrogen-bond donors (Lipinski definition) is 1. The highest BCUT2D eigenvalue weighted by atomic mass is 32.2. The topological polar surface area (TPSA) is 123 Å². The zero-order chi connectivity index (χ0) is 19.4. The fourth-order valence-electron chi connectivity index (χ4n) is 4.35. The number of sulfonamides is 1. The summed E-state index contributed by atoms with van der Waals surface area (Å²) in [6, 6.07) is -0.105. The summed E-state index contributed by atoms with van der Waals surface area (Å²) < 4.78 is 32.7. The van der Waals surface area contributed by atoms with E-state index in [9.17, 15) is 13.2 Å². The van der Waals surface area contributed by atoms with E-state index >= 15 is 0 Å². The van der Waals surface area contributed by atoms with Gasteiger partial charge in [-0.25, -0.2) is 17.7 Å². The fourth-order valence-corrected chi connectivity index (χ4v) is 5.27. The Balaban J connectivity index is 1.59. The van der Waals surface area contributed by atoms with E-state index in [-0.39, 0.29) is 24.4 Å². The number of fused-ring (bicyclic) bond motifs is 1. The summed E-state index contributed by atoms with van der Waals surface area (Å²) in [6.07, 6.45) is 5.51. The lowest BCUT2D eigenvalue weighted by Gasteiger charge is -2.24. The second kappa shape index (κ2) is 6.13. The molecule has 1 N–H and O–H groups in total. The molecule has 3 atom stereocenters. The minimum absolute atomic E-state index is 0.00362. The van der Waals surface area contributed by atoms with E-state index in [2.05, 4.69) is 20.4 Å². The molecule has 1 amide bonds. The Kier molecular flexibility index (Phi) is 4.11. The van der Waals surface area contributed by atoms with Crippen LogP contribution in [0, 0.1) is 12.8 Å². The average Bonchev–Trinajstić information content (AvgIpc) is 3.29. The number of nitrogens with one attached hydrogen (secondary N) is 1. The monoisotopic (exact) mass is 394 g/mol. The molecule has 1 saturated carbocycles. The molecule has 0 unspecified atom stereocenters. The molecule has 2 fully saturated rings. The number of aryl methyl sites for hydroxylation is 2. The van der Waals surface area contributed by atoms with Crippen molar-refractivity contribution in [1.29, 1.82) is 0 Å². The summed E-state index contributed by atoms with van der Waals surface area (Å²) >= 11 is 0. The number of rotatable bonds is 4. The van der Waals surface area contributed by atoms with Crippen molar-refractivity contribution in [2.24, 2.45) is 13.0 Å². The molecule has 11 heteroatoms. The lowest BCUT2D eigenvalue weighted by atomic mass is 9.80. The van der Waals surface area contributed by atoms with E-state index in [4.69, 9.17) is 4.52 Å². The Bertz CT molecular complexity index is 983. The number of carbonyl (C=O) groups excluding carboxylic acids is 1. The quantitative estimate of drug-likeness (QED) is 0.764. The van der Waals surface area contributed by atoms with Gasteiger partial charge in [-0.05, 0) is 25.7 Å². The number of nitrogens with zero attached hydrogens (tertiary/aromatic N) is 5. The van der Waals surface area contributed by atoms with Crippen LogP contribution in [0.25, 0.3) is 0 Å². The maximum absolute atomic E-state index is 12.5. The molecule has 0 aromatic carbocycles. The summed E-state index contributed by atoms with van der Waals surface area (Å²) in [7, 11) is -1.56. The lowest BCUT2D eigenvalue weighted by Crippen LogP contribution is -2.39. The molecule has 27 heavy (non-hydrogen) atoms. The summed E-state index contributed by atoms with van der Waals surface area (Å²) in [5, 5.41) is 6.94. The third-order valence-electron chi connectivity index (χ3n) is 5.65. The van der Waals surface area contributed by atoms with E-state index in [1.807, 2.05) is 0 Å². The molecule has 10 nitrogen and oxygen atoms in total. The number of amides is 1. The molecule has 1 aliphatic heterocycles. The highest BCUT2D eigenvalue weighted by Crippen LogP contribution is 2.50. The third-order valence-corrected chi connectivity index (χ3v) is 6.87. The standard InChI is InChI=1S/C16H22N6O4S/c1-10-18-15(26-20-10)16-5-12(19-14(23)13-6-17-9-21(13)2)4-11(16)7-22(8-16)27(3,24)25/h6,9,11-12H,4-5,7-8H2,1-3H3,(H,19,23)/t11-,12+,16-/m0/s1. The van der Waals surface area contributed by atoms with Crippen molar-refractivity contribution in [3.05, 3.63) is 29.9 Å². The molecule has 2 aliphatic rings. The minimum Gasteiger partial charge on any atom is -0.348 e. The van der Waals surface area contributed by atoms with Gasteiger partial charge in [-0.1, -0.05) is 5.16 Å². The van der Waals surface area contributed by atoms with Gasteiger partial charge in [-0.2, -0.15) is 4.98 Å². The first-order valence-corrected chi connectivity index (χ1v) is 10.6. The van der Waals surface area contributed by atoms with Gasteiger partial charge in [0.25, 0.3) is 5.91 Å². The van der Waals surface area contributed by atoms with E-state index in [0.717, 1.165) is 0 Å². The fraction of sp³-hybridized carbons (Fsp3) is 0.625. The summed E-state index contributed by atoms with van der Waals surface area (Å²) in [6.45, 7) is 2.41. The van der Waals surface area contributed by atoms with Gasteiger partial charge in [0.1, 0.15) is 5.69 Å². The van der Waals surface area contributed by atoms with Crippen LogP contribution in [0.5, 0.6) is 0 Å². The Morgan fingerprint density at radius 1 is 1.44 bits per heavy atom. The van der Waals surface area contributed by atoms with Crippen molar-refractivity contribution in [2.75, 3.05) is 19.3 Å². The minimum atomic E-state index is -3.32. The van der Waals surface area contributed by atoms with E-state index in [0.29, 0.717) is 36.8 Å². The molecule has 0 spiro atoms. The van der Waals surface area contributed by atoms with E-state index in [1.165, 1.54) is 16.8 Å². The number of hydrogen-bond acceptors (Lipinski definition) is 7. The van der Waals surface area contributed by atoms with Crippen molar-refractivity contribution in [1.82, 2.24) is 29.3 Å². The first-order chi connectivity index (χ1) is 12.7. The van der Waals surface area contributed by atoms with Gasteiger partial charge in [-0.3, -0.25) is 4.79 Å². The van der Waals surface area contributed by atoms with Crippen LogP contribution in [0.1, 0.15) is 35.0 Å². The van der Waals surface area contributed by atoms with Gasteiger partial charge in [0, 0.05) is 26.2 Å². The third kappa shape index (κ3) is 3.04. The summed E-state index contributed by atoms with van der Waals surface area (Å²) in [5.74, 6) is 0.771. The van der Waals surface area contributed by atoms with Crippen LogP contribution >= 0.6 is 0 Å². The second-order valence-electron chi connectivity index (χ2n) is 7.56. The smallest absolute Gasteiger partial charge is 0.269 e. The van der Waals surface area contributed by atoms with Gasteiger partial charge >= 0.3 is 0 Å². The maximum atomic E-state index is 12.5. The van der Waals surface area contributed by atoms with Gasteiger partial charge in [0.05, 0.1) is 24.2 Å². The van der Waals surface area contributed by atoms with Crippen LogP contribution in [0.15, 0.2) is 17.0 Å². The van der Waals surface area contributed by atoms with E-state index < -0.39 is 15.4 Å². The van der Waals surface area contributed by atoms with Gasteiger partial charge < -0.3 is 14.4 Å². The first kappa shape index (κ1) is 18.1. The molecule has 0 radical (unpaired) electrons. The van der Waals surface area contributed by atoms with Crippen molar-refractivity contribution in [3.8, 4) is 0 Å². The second-order valence-corrected chi connectivity index (χ2v) is 9.54. The van der Waals surface area contributed by atoms with Crippen molar-refractivity contribution in [3.63, 3.8) is 0 Å². The molecule has 3 heterocycles. The average molecular weight is 394 g/mol. The number of aromatic nitrogens is 4. The number of carbonyl (C=O) groups is 1. The Morgan fingerprint density at radius 3 is 2.81 bits per heavy atom. The van der Waals surface area contributed by atoms with Crippen molar-refractivity contribution in [2.45, 2.75) is 31.2 Å². The lowest BCUT2D eigenvalue weighted by molar-refractivity contribution is 0.0926. The van der Waals surface area contributed by atoms with Gasteiger partial charge in [-0.15, -0.1) is 0 Å². The van der Waals surface area contributed by atoms with Crippen molar-refractivity contribution >= 4 is 15.9 Å². The Labute approximate surface area is 157 Å². The molecule has 1 saturated heterocycles. The molecule has 0 bridgehead atoms. The first-order valence-electron chi connectivity index (χ1n) is 8.72. The zero-order valence-electron chi connectivity index (χ0n) is 15.4.